The van der Waals surface area contributed by atoms with Gasteiger partial charge in [0.05, 0.1) is 25.0 Å². The molecule has 2 heterocycles. The minimum atomic E-state index is -0.817. The van der Waals surface area contributed by atoms with Crippen molar-refractivity contribution >= 4 is 23.2 Å². The monoisotopic (exact) mass is 413 g/mol. The fourth-order valence-corrected chi connectivity index (χ4v) is 3.44. The molecule has 0 saturated carbocycles. The van der Waals surface area contributed by atoms with Crippen molar-refractivity contribution in [3.05, 3.63) is 53.1 Å². The number of amides is 2. The molecule has 0 radical (unpaired) electrons. The number of hydrogen-bond donors (Lipinski definition) is 1. The van der Waals surface area contributed by atoms with Gasteiger partial charge in [0, 0.05) is 30.8 Å². The Morgan fingerprint density at radius 3 is 2.57 bits per heavy atom. The SMILES string of the molecule is COc1c(C)cnc(CN(C)C(=O)C2=NN(c3ccc(F)cc3)C(C(N)=O)C2)c1C. The first-order valence-electron chi connectivity index (χ1n) is 9.39. The Bertz CT molecular complexity index is 1010. The van der Waals surface area contributed by atoms with Crippen LogP contribution in [0.15, 0.2) is 35.6 Å². The summed E-state index contributed by atoms with van der Waals surface area (Å²) in [7, 11) is 3.23. The van der Waals surface area contributed by atoms with Crippen molar-refractivity contribution in [2.75, 3.05) is 19.2 Å². The molecule has 2 aromatic rings. The number of methoxy groups -OCH3 is 1. The number of nitrogens with two attached hydrogens (primary N) is 1. The van der Waals surface area contributed by atoms with Gasteiger partial charge < -0.3 is 15.4 Å². The standard InChI is InChI=1S/C21H24FN5O3/c1-12-10-24-17(13(2)19(12)30-4)11-26(3)21(29)16-9-18(20(23)28)27(25-16)15-7-5-14(22)6-8-15/h5-8,10,18H,9,11H2,1-4H3,(H2,23,28). The number of rotatable bonds is 6. The number of carbonyl (C=O) groups excluding carboxylic acids is 2. The van der Waals surface area contributed by atoms with Gasteiger partial charge in [-0.15, -0.1) is 0 Å². The highest BCUT2D eigenvalue weighted by Crippen LogP contribution is 2.27. The molecule has 158 valence electrons. The third-order valence-electron chi connectivity index (χ3n) is 5.06. The van der Waals surface area contributed by atoms with Gasteiger partial charge in [-0.2, -0.15) is 5.10 Å². The molecule has 1 atom stereocenters. The molecular formula is C21H24FN5O3. The molecule has 1 aliphatic heterocycles. The predicted octanol–water partition coefficient (Wildman–Crippen LogP) is 1.92. The molecule has 1 aromatic heterocycles. The Kier molecular flexibility index (Phi) is 6.00. The number of primary amides is 1. The summed E-state index contributed by atoms with van der Waals surface area (Å²) in [5, 5.41) is 5.68. The van der Waals surface area contributed by atoms with Crippen LogP contribution < -0.4 is 15.5 Å². The summed E-state index contributed by atoms with van der Waals surface area (Å²) in [6.45, 7) is 4.04. The fourth-order valence-electron chi connectivity index (χ4n) is 3.44. The highest BCUT2D eigenvalue weighted by Gasteiger charge is 2.36. The lowest BCUT2D eigenvalue weighted by molar-refractivity contribution is -0.123. The van der Waals surface area contributed by atoms with E-state index < -0.39 is 17.8 Å². The number of carbonyl (C=O) groups is 2. The van der Waals surface area contributed by atoms with Crippen LogP contribution in [-0.2, 0) is 16.1 Å². The number of pyridine rings is 1. The van der Waals surface area contributed by atoms with E-state index in [4.69, 9.17) is 10.5 Å². The minimum Gasteiger partial charge on any atom is -0.496 e. The zero-order chi connectivity index (χ0) is 22.0. The predicted molar refractivity (Wildman–Crippen MR) is 111 cm³/mol. The first-order valence-corrected chi connectivity index (χ1v) is 9.39. The molecule has 2 N–H and O–H groups in total. The quantitative estimate of drug-likeness (QED) is 0.780. The second-order valence-electron chi connectivity index (χ2n) is 7.20. The van der Waals surface area contributed by atoms with E-state index in [1.54, 1.807) is 20.4 Å². The van der Waals surface area contributed by atoms with Crippen LogP contribution in [0.2, 0.25) is 0 Å². The molecule has 0 saturated heterocycles. The van der Waals surface area contributed by atoms with Crippen LogP contribution in [0.25, 0.3) is 0 Å². The van der Waals surface area contributed by atoms with E-state index in [-0.39, 0.29) is 24.6 Å². The number of anilines is 1. The molecule has 0 spiro atoms. The second-order valence-corrected chi connectivity index (χ2v) is 7.20. The third kappa shape index (κ3) is 4.10. The maximum absolute atomic E-state index is 13.2. The van der Waals surface area contributed by atoms with Gasteiger partial charge >= 0.3 is 0 Å². The largest absolute Gasteiger partial charge is 0.496 e. The molecule has 9 heteroatoms. The van der Waals surface area contributed by atoms with Crippen LogP contribution in [0.5, 0.6) is 5.75 Å². The summed E-state index contributed by atoms with van der Waals surface area (Å²) in [6.07, 6.45) is 1.77. The highest BCUT2D eigenvalue weighted by molar-refractivity contribution is 6.40. The maximum Gasteiger partial charge on any atom is 0.270 e. The molecule has 0 fully saturated rings. The Labute approximate surface area is 174 Å². The van der Waals surface area contributed by atoms with Crippen molar-refractivity contribution in [2.24, 2.45) is 10.8 Å². The average molecular weight is 413 g/mol. The molecule has 3 rings (SSSR count). The normalized spacial score (nSPS) is 15.7. The molecule has 0 bridgehead atoms. The number of nitrogens with zero attached hydrogens (tertiary/aromatic N) is 4. The van der Waals surface area contributed by atoms with Crippen molar-refractivity contribution < 1.29 is 18.7 Å². The molecule has 2 amide bonds. The van der Waals surface area contributed by atoms with Crippen molar-refractivity contribution in [1.29, 1.82) is 0 Å². The van der Waals surface area contributed by atoms with Crippen LogP contribution in [0.3, 0.4) is 0 Å². The van der Waals surface area contributed by atoms with Gasteiger partial charge in [0.15, 0.2) is 0 Å². The van der Waals surface area contributed by atoms with E-state index in [0.717, 1.165) is 16.9 Å². The lowest BCUT2D eigenvalue weighted by Gasteiger charge is -2.20. The van der Waals surface area contributed by atoms with Gasteiger partial charge in [-0.25, -0.2) is 4.39 Å². The average Bonchev–Trinajstić information content (AvgIpc) is 3.16. The molecule has 1 aromatic carbocycles. The van der Waals surface area contributed by atoms with Crippen molar-refractivity contribution in [1.82, 2.24) is 9.88 Å². The van der Waals surface area contributed by atoms with Gasteiger partial charge in [0.1, 0.15) is 23.3 Å². The number of benzene rings is 1. The summed E-state index contributed by atoms with van der Waals surface area (Å²) in [5.74, 6) is -0.638. The van der Waals surface area contributed by atoms with E-state index in [9.17, 15) is 14.0 Å². The molecule has 8 nitrogen and oxygen atoms in total. The van der Waals surface area contributed by atoms with Crippen LogP contribution in [0.4, 0.5) is 10.1 Å². The zero-order valence-electron chi connectivity index (χ0n) is 17.3. The number of hydrazone groups is 1. The van der Waals surface area contributed by atoms with Gasteiger partial charge in [-0.05, 0) is 38.1 Å². The summed E-state index contributed by atoms with van der Waals surface area (Å²) in [5.41, 5.74) is 8.65. The molecule has 1 aliphatic rings. The Morgan fingerprint density at radius 2 is 1.97 bits per heavy atom. The Hall–Kier alpha value is -3.49. The maximum atomic E-state index is 13.2. The third-order valence-corrected chi connectivity index (χ3v) is 5.06. The molecular weight excluding hydrogens is 389 g/mol. The fraction of sp³-hybridized carbons (Fsp3) is 0.333. The summed E-state index contributed by atoms with van der Waals surface area (Å²) in [4.78, 5) is 30.8. The van der Waals surface area contributed by atoms with Crippen LogP contribution in [0.1, 0.15) is 23.2 Å². The minimum absolute atomic E-state index is 0.0690. The summed E-state index contributed by atoms with van der Waals surface area (Å²) >= 11 is 0. The lowest BCUT2D eigenvalue weighted by atomic mass is 10.1. The smallest absolute Gasteiger partial charge is 0.270 e. The van der Waals surface area contributed by atoms with E-state index in [2.05, 4.69) is 10.1 Å². The summed E-state index contributed by atoms with van der Waals surface area (Å²) in [6, 6.07) is 4.67. The number of aromatic nitrogens is 1. The zero-order valence-corrected chi connectivity index (χ0v) is 17.3. The van der Waals surface area contributed by atoms with E-state index >= 15 is 0 Å². The van der Waals surface area contributed by atoms with Crippen LogP contribution in [-0.4, -0.2) is 47.6 Å². The Morgan fingerprint density at radius 1 is 1.30 bits per heavy atom. The summed E-state index contributed by atoms with van der Waals surface area (Å²) < 4.78 is 18.7. The van der Waals surface area contributed by atoms with Crippen molar-refractivity contribution in [3.63, 3.8) is 0 Å². The van der Waals surface area contributed by atoms with Gasteiger partial charge in [-0.3, -0.25) is 19.6 Å². The van der Waals surface area contributed by atoms with E-state index in [0.29, 0.717) is 11.4 Å². The van der Waals surface area contributed by atoms with Crippen LogP contribution in [0, 0.1) is 19.7 Å². The van der Waals surface area contributed by atoms with Crippen molar-refractivity contribution in [2.45, 2.75) is 32.9 Å². The number of hydrogen-bond acceptors (Lipinski definition) is 6. The second kappa shape index (κ2) is 8.48. The lowest BCUT2D eigenvalue weighted by Crippen LogP contribution is -2.40. The molecule has 1 unspecified atom stereocenters. The van der Waals surface area contributed by atoms with Crippen LogP contribution >= 0.6 is 0 Å². The van der Waals surface area contributed by atoms with Crippen molar-refractivity contribution in [3.8, 4) is 5.75 Å². The van der Waals surface area contributed by atoms with Gasteiger partial charge in [-0.1, -0.05) is 0 Å². The highest BCUT2D eigenvalue weighted by atomic mass is 19.1. The van der Waals surface area contributed by atoms with E-state index in [1.807, 2.05) is 13.8 Å². The number of aryl methyl sites for hydroxylation is 1. The molecule has 30 heavy (non-hydrogen) atoms. The first-order chi connectivity index (χ1) is 14.2. The Balaban J connectivity index is 1.82. The van der Waals surface area contributed by atoms with Gasteiger partial charge in [0.2, 0.25) is 5.91 Å². The molecule has 0 aliphatic carbocycles. The number of halogens is 1. The van der Waals surface area contributed by atoms with Gasteiger partial charge in [0.25, 0.3) is 5.91 Å². The topological polar surface area (TPSA) is 101 Å². The van der Waals surface area contributed by atoms with E-state index in [1.165, 1.54) is 34.2 Å². The first kappa shape index (κ1) is 21.2. The number of ether oxygens (including phenoxy) is 1.